The summed E-state index contributed by atoms with van der Waals surface area (Å²) in [5.74, 6) is -1.73. The molecular formula is C23H20F2N6O3. The predicted molar refractivity (Wildman–Crippen MR) is 119 cm³/mol. The first-order chi connectivity index (χ1) is 16.4. The smallest absolute Gasteiger partial charge is 0.407 e. The van der Waals surface area contributed by atoms with Crippen LogP contribution < -0.4 is 10.5 Å². The van der Waals surface area contributed by atoms with Crippen molar-refractivity contribution in [3.8, 4) is 22.8 Å². The summed E-state index contributed by atoms with van der Waals surface area (Å²) in [6.45, 7) is 0.815. The van der Waals surface area contributed by atoms with E-state index in [2.05, 4.69) is 15.1 Å². The highest BCUT2D eigenvalue weighted by Crippen LogP contribution is 2.33. The van der Waals surface area contributed by atoms with Gasteiger partial charge in [-0.15, -0.1) is 0 Å². The van der Waals surface area contributed by atoms with Crippen molar-refractivity contribution in [2.45, 2.75) is 25.4 Å². The molecule has 1 amide bonds. The van der Waals surface area contributed by atoms with Gasteiger partial charge in [-0.2, -0.15) is 9.49 Å². The molecule has 4 aromatic rings. The Balaban J connectivity index is 1.48. The Hall–Kier alpha value is -4.28. The van der Waals surface area contributed by atoms with Crippen LogP contribution in [-0.2, 0) is 6.54 Å². The number of carbonyl (C=O) groups is 1. The Morgan fingerprint density at radius 1 is 1.18 bits per heavy atom. The highest BCUT2D eigenvalue weighted by Gasteiger charge is 2.30. The van der Waals surface area contributed by atoms with Crippen molar-refractivity contribution in [2.75, 3.05) is 12.3 Å². The number of nitrogens with two attached hydrogens (primary N) is 1. The molecule has 0 saturated carbocycles. The molecule has 1 saturated heterocycles. The zero-order valence-electron chi connectivity index (χ0n) is 17.9. The average Bonchev–Trinajstić information content (AvgIpc) is 3.44. The van der Waals surface area contributed by atoms with Crippen LogP contribution in [-0.4, -0.2) is 48.4 Å². The van der Waals surface area contributed by atoms with Gasteiger partial charge in [0, 0.05) is 12.1 Å². The minimum absolute atomic E-state index is 0.221. The summed E-state index contributed by atoms with van der Waals surface area (Å²) in [5.41, 5.74) is 7.85. The summed E-state index contributed by atoms with van der Waals surface area (Å²) in [6, 6.07) is 10.1. The third kappa shape index (κ3) is 3.85. The van der Waals surface area contributed by atoms with Gasteiger partial charge in [0.1, 0.15) is 23.6 Å². The second-order valence-electron chi connectivity index (χ2n) is 7.94. The Labute approximate surface area is 192 Å². The number of anilines is 1. The number of rotatable bonds is 5. The first kappa shape index (κ1) is 21.6. The van der Waals surface area contributed by atoms with Crippen molar-refractivity contribution >= 4 is 22.9 Å². The van der Waals surface area contributed by atoms with Gasteiger partial charge in [-0.3, -0.25) is 0 Å². The Morgan fingerprint density at radius 3 is 2.74 bits per heavy atom. The summed E-state index contributed by atoms with van der Waals surface area (Å²) in [7, 11) is 0. The number of hydrogen-bond donors (Lipinski definition) is 2. The standard InChI is InChI=1S/C23H20F2N6O3/c24-16-4-1-5-17(19(16)25)34-15-8-6-13(7-9-15)20-18-21(26)27-12-28-22(18)31(29-20)11-14-3-2-10-30(14)23(32)33/h1,4-9,12,14H,2-3,10-11H2,(H,32,33)(H2,26,27,28)/t14-/m1/s1. The van der Waals surface area contributed by atoms with E-state index in [1.807, 2.05) is 0 Å². The number of nitrogen functional groups attached to an aromatic ring is 1. The number of amides is 1. The molecule has 5 rings (SSSR count). The number of likely N-dealkylation sites (tertiary alicyclic amines) is 1. The van der Waals surface area contributed by atoms with Crippen LogP contribution in [0.25, 0.3) is 22.3 Å². The van der Waals surface area contributed by atoms with Crippen molar-refractivity contribution < 1.29 is 23.4 Å². The number of nitrogens with zero attached hydrogens (tertiary/aromatic N) is 5. The number of benzene rings is 2. The van der Waals surface area contributed by atoms with Gasteiger partial charge in [-0.05, 0) is 49.2 Å². The predicted octanol–water partition coefficient (Wildman–Crippen LogP) is 4.29. The number of halogens is 2. The molecule has 0 bridgehead atoms. The monoisotopic (exact) mass is 466 g/mol. The maximum absolute atomic E-state index is 13.9. The summed E-state index contributed by atoms with van der Waals surface area (Å²) in [6.07, 6.45) is 1.90. The van der Waals surface area contributed by atoms with E-state index in [1.165, 1.54) is 23.4 Å². The lowest BCUT2D eigenvalue weighted by Crippen LogP contribution is -2.37. The number of ether oxygens (including phenoxy) is 1. The van der Waals surface area contributed by atoms with Crippen LogP contribution in [0, 0.1) is 11.6 Å². The van der Waals surface area contributed by atoms with E-state index in [0.29, 0.717) is 41.1 Å². The van der Waals surface area contributed by atoms with E-state index < -0.39 is 17.7 Å². The maximum Gasteiger partial charge on any atom is 0.407 e. The zero-order valence-corrected chi connectivity index (χ0v) is 17.9. The fourth-order valence-corrected chi connectivity index (χ4v) is 4.21. The zero-order chi connectivity index (χ0) is 23.8. The van der Waals surface area contributed by atoms with E-state index in [-0.39, 0.29) is 17.6 Å². The van der Waals surface area contributed by atoms with Crippen LogP contribution in [0.5, 0.6) is 11.5 Å². The highest BCUT2D eigenvalue weighted by molar-refractivity contribution is 5.98. The molecule has 2 aromatic heterocycles. The molecule has 9 nitrogen and oxygen atoms in total. The first-order valence-electron chi connectivity index (χ1n) is 10.6. The Bertz CT molecular complexity index is 1380. The van der Waals surface area contributed by atoms with Gasteiger partial charge in [0.25, 0.3) is 0 Å². The summed E-state index contributed by atoms with van der Waals surface area (Å²) in [5, 5.41) is 14.7. The van der Waals surface area contributed by atoms with Gasteiger partial charge >= 0.3 is 6.09 Å². The number of hydrogen-bond acceptors (Lipinski definition) is 6. The van der Waals surface area contributed by atoms with E-state index in [1.54, 1.807) is 28.9 Å². The summed E-state index contributed by atoms with van der Waals surface area (Å²) >= 11 is 0. The molecule has 3 heterocycles. The number of carboxylic acid groups (broad SMARTS) is 1. The second kappa shape index (κ2) is 8.58. The van der Waals surface area contributed by atoms with Gasteiger partial charge in [-0.25, -0.2) is 23.8 Å². The van der Waals surface area contributed by atoms with Gasteiger partial charge in [0.15, 0.2) is 17.2 Å². The molecule has 0 spiro atoms. The number of aromatic nitrogens is 4. The topological polar surface area (TPSA) is 119 Å². The Morgan fingerprint density at radius 2 is 1.97 bits per heavy atom. The van der Waals surface area contributed by atoms with Gasteiger partial charge in [0.05, 0.1) is 18.0 Å². The van der Waals surface area contributed by atoms with Crippen LogP contribution in [0.2, 0.25) is 0 Å². The van der Waals surface area contributed by atoms with Crippen molar-refractivity contribution in [3.05, 3.63) is 60.4 Å². The fraction of sp³-hybridized carbons (Fsp3) is 0.217. The minimum Gasteiger partial charge on any atom is -0.465 e. The molecule has 2 aromatic carbocycles. The molecule has 174 valence electrons. The molecule has 1 aliphatic heterocycles. The van der Waals surface area contributed by atoms with Crippen LogP contribution in [0.1, 0.15) is 12.8 Å². The molecule has 34 heavy (non-hydrogen) atoms. The normalized spacial score (nSPS) is 15.7. The molecule has 1 atom stereocenters. The van der Waals surface area contributed by atoms with Gasteiger partial charge in [-0.1, -0.05) is 6.07 Å². The second-order valence-corrected chi connectivity index (χ2v) is 7.94. The quantitative estimate of drug-likeness (QED) is 0.450. The van der Waals surface area contributed by atoms with Crippen LogP contribution in [0.3, 0.4) is 0 Å². The van der Waals surface area contributed by atoms with Crippen LogP contribution in [0.4, 0.5) is 19.4 Å². The summed E-state index contributed by atoms with van der Waals surface area (Å²) < 4.78 is 34.5. The Kier molecular flexibility index (Phi) is 5.44. The highest BCUT2D eigenvalue weighted by atomic mass is 19.2. The molecule has 11 heteroatoms. The average molecular weight is 466 g/mol. The lowest BCUT2D eigenvalue weighted by atomic mass is 10.1. The number of fused-ring (bicyclic) bond motifs is 1. The molecule has 0 aliphatic carbocycles. The molecule has 1 aliphatic rings. The molecular weight excluding hydrogens is 446 g/mol. The van der Waals surface area contributed by atoms with Crippen LogP contribution >= 0.6 is 0 Å². The lowest BCUT2D eigenvalue weighted by Gasteiger charge is -2.21. The molecule has 0 unspecified atom stereocenters. The van der Waals surface area contributed by atoms with Crippen molar-refractivity contribution in [1.29, 1.82) is 0 Å². The van der Waals surface area contributed by atoms with Gasteiger partial charge in [0.2, 0.25) is 5.82 Å². The largest absolute Gasteiger partial charge is 0.465 e. The van der Waals surface area contributed by atoms with E-state index in [9.17, 15) is 18.7 Å². The van der Waals surface area contributed by atoms with E-state index in [4.69, 9.17) is 10.5 Å². The molecule has 1 fully saturated rings. The first-order valence-corrected chi connectivity index (χ1v) is 10.6. The molecule has 3 N–H and O–H groups in total. The van der Waals surface area contributed by atoms with Gasteiger partial charge < -0.3 is 20.5 Å². The van der Waals surface area contributed by atoms with Crippen molar-refractivity contribution in [3.63, 3.8) is 0 Å². The fourth-order valence-electron chi connectivity index (χ4n) is 4.21. The van der Waals surface area contributed by atoms with Crippen LogP contribution in [0.15, 0.2) is 48.8 Å². The van der Waals surface area contributed by atoms with Crippen molar-refractivity contribution in [2.24, 2.45) is 0 Å². The summed E-state index contributed by atoms with van der Waals surface area (Å²) in [4.78, 5) is 21.4. The maximum atomic E-state index is 13.9. The van der Waals surface area contributed by atoms with Crippen molar-refractivity contribution in [1.82, 2.24) is 24.6 Å². The lowest BCUT2D eigenvalue weighted by molar-refractivity contribution is 0.135. The van der Waals surface area contributed by atoms with E-state index in [0.717, 1.165) is 18.9 Å². The minimum atomic E-state index is -1.07. The van der Waals surface area contributed by atoms with E-state index >= 15 is 0 Å². The third-order valence-electron chi connectivity index (χ3n) is 5.84. The SMILES string of the molecule is Nc1ncnc2c1c(-c1ccc(Oc3cccc(F)c3F)cc1)nn2C[C@H]1CCCN1C(=O)O. The third-order valence-corrected chi connectivity index (χ3v) is 5.84. The molecule has 0 radical (unpaired) electrons.